The third kappa shape index (κ3) is 5.44. The molecule has 59 heavy (non-hydrogen) atoms. The number of furan rings is 1. The van der Waals surface area contributed by atoms with E-state index < -0.39 is 0 Å². The van der Waals surface area contributed by atoms with Crippen molar-refractivity contribution in [1.29, 1.82) is 0 Å². The van der Waals surface area contributed by atoms with Crippen LogP contribution < -0.4 is 4.52 Å². The molecule has 0 saturated heterocycles. The lowest BCUT2D eigenvalue weighted by atomic mass is 9.84. The highest BCUT2D eigenvalue weighted by Crippen LogP contribution is 2.49. The van der Waals surface area contributed by atoms with Crippen molar-refractivity contribution < 1.29 is 8.93 Å². The van der Waals surface area contributed by atoms with Crippen molar-refractivity contribution in [3.8, 4) is 33.4 Å². The Morgan fingerprint density at radius 3 is 1.71 bits per heavy atom. The van der Waals surface area contributed by atoms with Gasteiger partial charge < -0.3 is 4.42 Å². The molecule has 10 rings (SSSR count). The largest absolute Gasteiger partial charge is 0.451 e. The summed E-state index contributed by atoms with van der Waals surface area (Å²) in [7, 11) is 0. The van der Waals surface area contributed by atoms with Crippen LogP contribution in [0.25, 0.3) is 88.0 Å². The van der Waals surface area contributed by atoms with Crippen LogP contribution in [-0.4, -0.2) is 9.73 Å². The highest BCUT2D eigenvalue weighted by molar-refractivity contribution is 6.31. The van der Waals surface area contributed by atoms with Crippen LogP contribution in [0.4, 0.5) is 0 Å². The fourth-order valence-electron chi connectivity index (χ4n) is 10.4. The minimum absolute atomic E-state index is 0.359. The van der Waals surface area contributed by atoms with Crippen molar-refractivity contribution in [3.05, 3.63) is 137 Å². The van der Waals surface area contributed by atoms with Gasteiger partial charge in [0.15, 0.2) is 16.6 Å². The van der Waals surface area contributed by atoms with E-state index in [0.29, 0.717) is 29.6 Å². The molecule has 296 valence electrons. The normalized spacial score (nSPS) is 12.7. The Hall–Kier alpha value is -5.87. The quantitative estimate of drug-likeness (QED) is 0.153. The summed E-state index contributed by atoms with van der Waals surface area (Å²) in [6.07, 6.45) is 2.22. The number of aryl methyl sites for hydroxylation is 1. The first-order valence-corrected chi connectivity index (χ1v) is 21.8. The van der Waals surface area contributed by atoms with Gasteiger partial charge in [0, 0.05) is 21.7 Å². The molecule has 0 amide bonds. The molecular weight excluding hydrogens is 719 g/mol. The summed E-state index contributed by atoms with van der Waals surface area (Å²) in [6, 6.07) is 37.0. The Labute approximate surface area is 347 Å². The Bertz CT molecular complexity index is 3220. The van der Waals surface area contributed by atoms with Crippen LogP contribution in [0.5, 0.6) is 0 Å². The second kappa shape index (κ2) is 13.6. The highest BCUT2D eigenvalue weighted by atomic mass is 16.3. The number of aromatic amines is 1. The van der Waals surface area contributed by atoms with Gasteiger partial charge in [0.1, 0.15) is 11.8 Å². The van der Waals surface area contributed by atoms with Crippen molar-refractivity contribution in [3.63, 3.8) is 0 Å². The zero-order valence-corrected chi connectivity index (χ0v) is 36.5. The Morgan fingerprint density at radius 1 is 0.525 bits per heavy atom. The second-order valence-corrected chi connectivity index (χ2v) is 18.7. The number of benzene rings is 6. The van der Waals surface area contributed by atoms with Crippen LogP contribution in [0.2, 0.25) is 0 Å². The van der Waals surface area contributed by atoms with Crippen LogP contribution in [0.15, 0.2) is 108 Å². The molecule has 1 N–H and O–H groups in total. The standard InChI is InChI=1S/C55H56N3O/c1-29(2)36-16-12-15-34(11)48(36)44-28-45-43-27-35(49-37(30(3)4)17-13-18-38(49)31(5)6)21-23-46(43)58-53(45)51-41(44)22-24-47-52(51)54-55(59-47)42(25-26-57(54)56-58)50-39(32(7)8)19-14-20-40(50)33(9)10/h12-33,56H,1-11H3/q+1. The molecule has 0 radical (unpaired) electrons. The van der Waals surface area contributed by atoms with E-state index in [1.165, 1.54) is 88.3 Å². The van der Waals surface area contributed by atoms with Gasteiger partial charge in [-0.3, -0.25) is 0 Å². The van der Waals surface area contributed by atoms with Crippen LogP contribution >= 0.6 is 0 Å². The molecule has 0 saturated carbocycles. The second-order valence-electron chi connectivity index (χ2n) is 18.7. The minimum atomic E-state index is 0.359. The van der Waals surface area contributed by atoms with Gasteiger partial charge in [0.2, 0.25) is 5.52 Å². The van der Waals surface area contributed by atoms with Crippen LogP contribution in [0.1, 0.15) is 132 Å². The maximum absolute atomic E-state index is 7.16. The number of H-pyrrole nitrogens is 1. The molecule has 0 aliphatic heterocycles. The first-order chi connectivity index (χ1) is 28.3. The number of rotatable bonds is 8. The number of pyridine rings is 1. The maximum atomic E-state index is 7.16. The maximum Gasteiger partial charge on any atom is 0.207 e. The summed E-state index contributed by atoms with van der Waals surface area (Å²) in [5, 5.41) is 10.0. The molecule has 4 heteroatoms. The van der Waals surface area contributed by atoms with E-state index in [-0.39, 0.29) is 0 Å². The van der Waals surface area contributed by atoms with Gasteiger partial charge in [-0.05, 0) is 139 Å². The lowest BCUT2D eigenvalue weighted by molar-refractivity contribution is -0.585. The number of nitrogens with one attached hydrogen (secondary N) is 1. The topological polar surface area (TPSA) is 37.4 Å². The molecule has 0 bridgehead atoms. The SMILES string of the molecule is Cc1cccc(C(C)C)c1-c1cc2c3cc(-c4c(C(C)C)cccc4C(C)C)ccc3n3[nH][n+]4ccc(-c5c(C(C)C)cccc5C(C)C)c5oc6ccc1c(c6c54)c23. The van der Waals surface area contributed by atoms with Crippen LogP contribution in [0, 0.1) is 6.92 Å². The Balaban J connectivity index is 1.41. The molecule has 0 aliphatic rings. The van der Waals surface area contributed by atoms with Crippen molar-refractivity contribution in [2.75, 3.05) is 0 Å². The van der Waals surface area contributed by atoms with Crippen molar-refractivity contribution in [1.82, 2.24) is 9.73 Å². The smallest absolute Gasteiger partial charge is 0.207 e. The molecule has 0 atom stereocenters. The molecular formula is C55H56N3O+. The van der Waals surface area contributed by atoms with Gasteiger partial charge in [-0.25, -0.2) is 0 Å². The predicted octanol–water partition coefficient (Wildman–Crippen LogP) is 15.6. The lowest BCUT2D eigenvalue weighted by Crippen LogP contribution is -2.26. The minimum Gasteiger partial charge on any atom is -0.451 e. The molecule has 10 aromatic rings. The van der Waals surface area contributed by atoms with E-state index in [1.807, 2.05) is 0 Å². The third-order valence-corrected chi connectivity index (χ3v) is 13.2. The Kier molecular flexibility index (Phi) is 8.62. The van der Waals surface area contributed by atoms with Crippen molar-refractivity contribution in [2.45, 2.75) is 106 Å². The fraction of sp³-hybridized carbons (Fsp3) is 0.291. The molecule has 0 unspecified atom stereocenters. The fourth-order valence-corrected chi connectivity index (χ4v) is 10.4. The number of hydrogen-bond acceptors (Lipinski definition) is 1. The lowest BCUT2D eigenvalue weighted by Gasteiger charge is -2.20. The molecule has 0 spiro atoms. The van der Waals surface area contributed by atoms with Crippen LogP contribution in [0.3, 0.4) is 0 Å². The average Bonchev–Trinajstić information content (AvgIpc) is 3.70. The summed E-state index contributed by atoms with van der Waals surface area (Å²) in [6.45, 7) is 25.4. The number of fused-ring (bicyclic) bond motifs is 3. The summed E-state index contributed by atoms with van der Waals surface area (Å²) < 4.78 is 11.7. The van der Waals surface area contributed by atoms with Gasteiger partial charge in [-0.2, -0.15) is 0 Å². The number of nitrogens with zero attached hydrogens (tertiary/aromatic N) is 2. The first-order valence-electron chi connectivity index (χ1n) is 21.8. The zero-order valence-electron chi connectivity index (χ0n) is 36.5. The molecule has 4 nitrogen and oxygen atoms in total. The predicted molar refractivity (Wildman–Crippen MR) is 250 cm³/mol. The zero-order chi connectivity index (χ0) is 41.2. The van der Waals surface area contributed by atoms with E-state index in [9.17, 15) is 0 Å². The van der Waals surface area contributed by atoms with E-state index in [0.717, 1.165) is 33.1 Å². The molecule has 0 aliphatic carbocycles. The number of aromatic nitrogens is 3. The summed E-state index contributed by atoms with van der Waals surface area (Å²) >= 11 is 0. The van der Waals surface area contributed by atoms with Crippen molar-refractivity contribution in [2.24, 2.45) is 0 Å². The van der Waals surface area contributed by atoms with Gasteiger partial charge in [-0.15, -0.1) is 9.03 Å². The van der Waals surface area contributed by atoms with E-state index in [1.54, 1.807) is 0 Å². The summed E-state index contributed by atoms with van der Waals surface area (Å²) in [4.78, 5) is 0. The van der Waals surface area contributed by atoms with Gasteiger partial charge in [0.05, 0.1) is 5.39 Å². The first kappa shape index (κ1) is 37.4. The summed E-state index contributed by atoms with van der Waals surface area (Å²) in [5.41, 5.74) is 21.1. The average molecular weight is 775 g/mol. The number of hydrogen-bond donors (Lipinski definition) is 1. The molecule has 4 aromatic heterocycles. The molecule has 0 fully saturated rings. The Morgan fingerprint density at radius 2 is 1.10 bits per heavy atom. The van der Waals surface area contributed by atoms with Crippen LogP contribution in [-0.2, 0) is 0 Å². The molecule has 4 heterocycles. The monoisotopic (exact) mass is 774 g/mol. The van der Waals surface area contributed by atoms with E-state index in [2.05, 4.69) is 194 Å². The van der Waals surface area contributed by atoms with Gasteiger partial charge in [-0.1, -0.05) is 135 Å². The molecule has 6 aromatic carbocycles. The summed E-state index contributed by atoms with van der Waals surface area (Å²) in [5.74, 6) is 1.88. The van der Waals surface area contributed by atoms with E-state index >= 15 is 0 Å². The van der Waals surface area contributed by atoms with E-state index in [4.69, 9.17) is 4.42 Å². The third-order valence-electron chi connectivity index (χ3n) is 13.2. The van der Waals surface area contributed by atoms with Crippen molar-refractivity contribution >= 4 is 54.6 Å². The highest BCUT2D eigenvalue weighted by Gasteiger charge is 2.31. The van der Waals surface area contributed by atoms with Gasteiger partial charge in [0.25, 0.3) is 0 Å². The van der Waals surface area contributed by atoms with Gasteiger partial charge >= 0.3 is 0 Å².